The summed E-state index contributed by atoms with van der Waals surface area (Å²) in [5.74, 6) is -0.0664. The van der Waals surface area contributed by atoms with Gasteiger partial charge in [-0.2, -0.15) is 5.10 Å². The van der Waals surface area contributed by atoms with Gasteiger partial charge in [0.1, 0.15) is 0 Å². The van der Waals surface area contributed by atoms with Crippen LogP contribution in [0.2, 0.25) is 0 Å². The summed E-state index contributed by atoms with van der Waals surface area (Å²) < 4.78 is 1.84. The lowest BCUT2D eigenvalue weighted by Crippen LogP contribution is -2.28. The van der Waals surface area contributed by atoms with Gasteiger partial charge in [-0.05, 0) is 60.3 Å². The van der Waals surface area contributed by atoms with Crippen molar-refractivity contribution in [3.05, 3.63) is 82.4 Å². The van der Waals surface area contributed by atoms with E-state index >= 15 is 0 Å². The van der Waals surface area contributed by atoms with Gasteiger partial charge in [0.15, 0.2) is 0 Å². The smallest absolute Gasteiger partial charge is 0.251 e. The lowest BCUT2D eigenvalue weighted by Gasteiger charge is -2.21. The van der Waals surface area contributed by atoms with E-state index in [9.17, 15) is 4.79 Å². The van der Waals surface area contributed by atoms with Crippen molar-refractivity contribution < 1.29 is 4.79 Å². The molecule has 6 nitrogen and oxygen atoms in total. The van der Waals surface area contributed by atoms with E-state index < -0.39 is 0 Å². The number of hydrogen-bond donors (Lipinski definition) is 2. The minimum atomic E-state index is -0.0664. The number of nitrogens with zero attached hydrogens (tertiary/aromatic N) is 3. The van der Waals surface area contributed by atoms with Crippen LogP contribution >= 0.6 is 0 Å². The molecule has 0 radical (unpaired) electrons. The Morgan fingerprint density at radius 3 is 3.11 bits per heavy atom. The monoisotopic (exact) mass is 361 g/mol. The summed E-state index contributed by atoms with van der Waals surface area (Å²) >= 11 is 0. The number of hydrogen-bond acceptors (Lipinski definition) is 4. The number of aryl methyl sites for hydroxylation is 1. The highest BCUT2D eigenvalue weighted by atomic mass is 16.1. The van der Waals surface area contributed by atoms with Gasteiger partial charge in [-0.15, -0.1) is 0 Å². The quantitative estimate of drug-likeness (QED) is 0.731. The Kier molecular flexibility index (Phi) is 4.98. The Hall–Kier alpha value is -2.99. The summed E-state index contributed by atoms with van der Waals surface area (Å²) in [7, 11) is 0. The largest absolute Gasteiger partial charge is 0.348 e. The van der Waals surface area contributed by atoms with Crippen LogP contribution < -0.4 is 10.6 Å². The van der Waals surface area contributed by atoms with E-state index in [-0.39, 0.29) is 5.91 Å². The molecular formula is C21H23N5O. The molecule has 6 heteroatoms. The highest BCUT2D eigenvalue weighted by Crippen LogP contribution is 2.20. The van der Waals surface area contributed by atoms with Crippen LogP contribution in [0, 0.1) is 6.92 Å². The number of rotatable bonds is 5. The van der Waals surface area contributed by atoms with Crippen LogP contribution in [0.15, 0.2) is 48.9 Å². The van der Waals surface area contributed by atoms with Crippen LogP contribution in [0.1, 0.15) is 38.3 Å². The van der Waals surface area contributed by atoms with Crippen LogP contribution in [-0.4, -0.2) is 27.2 Å². The fourth-order valence-corrected chi connectivity index (χ4v) is 3.54. The van der Waals surface area contributed by atoms with E-state index in [4.69, 9.17) is 0 Å². The van der Waals surface area contributed by atoms with Crippen molar-refractivity contribution in [2.24, 2.45) is 0 Å². The van der Waals surface area contributed by atoms with Gasteiger partial charge < -0.3 is 10.6 Å². The molecule has 1 aromatic carbocycles. The molecule has 0 unspecified atom stereocenters. The highest BCUT2D eigenvalue weighted by Gasteiger charge is 2.16. The van der Waals surface area contributed by atoms with Crippen molar-refractivity contribution in [2.75, 3.05) is 6.54 Å². The number of aromatic nitrogens is 3. The number of benzene rings is 1. The van der Waals surface area contributed by atoms with Gasteiger partial charge in [-0.3, -0.25) is 14.5 Å². The fraction of sp³-hybridized carbons (Fsp3) is 0.286. The SMILES string of the molecule is Cc1ncc2c(c1CNC(=O)c1cccc(Cn3cccn3)c1)CCNC2. The fourth-order valence-electron chi connectivity index (χ4n) is 3.54. The summed E-state index contributed by atoms with van der Waals surface area (Å²) in [6.45, 7) is 4.97. The average Bonchev–Trinajstić information content (AvgIpc) is 3.20. The zero-order valence-corrected chi connectivity index (χ0v) is 15.4. The molecule has 138 valence electrons. The molecule has 0 bridgehead atoms. The maximum absolute atomic E-state index is 12.7. The number of amides is 1. The Labute approximate surface area is 158 Å². The van der Waals surface area contributed by atoms with Gasteiger partial charge in [-0.25, -0.2) is 0 Å². The number of carbonyl (C=O) groups excluding carboxylic acids is 1. The predicted molar refractivity (Wildman–Crippen MR) is 103 cm³/mol. The molecule has 0 saturated carbocycles. The van der Waals surface area contributed by atoms with Crippen LogP contribution in [0.5, 0.6) is 0 Å². The van der Waals surface area contributed by atoms with Gasteiger partial charge in [0, 0.05) is 42.9 Å². The first-order valence-electron chi connectivity index (χ1n) is 9.22. The molecule has 0 atom stereocenters. The first-order chi connectivity index (χ1) is 13.2. The lowest BCUT2D eigenvalue weighted by atomic mass is 9.96. The zero-order valence-electron chi connectivity index (χ0n) is 15.4. The molecule has 2 aromatic heterocycles. The maximum atomic E-state index is 12.7. The Bertz CT molecular complexity index is 949. The van der Waals surface area contributed by atoms with Gasteiger partial charge in [0.05, 0.1) is 6.54 Å². The van der Waals surface area contributed by atoms with Gasteiger partial charge >= 0.3 is 0 Å². The number of fused-ring (bicyclic) bond motifs is 1. The number of pyridine rings is 1. The van der Waals surface area contributed by atoms with Gasteiger partial charge in [-0.1, -0.05) is 12.1 Å². The minimum Gasteiger partial charge on any atom is -0.348 e. The summed E-state index contributed by atoms with van der Waals surface area (Å²) in [5.41, 5.74) is 6.41. The van der Waals surface area contributed by atoms with E-state index in [0.29, 0.717) is 18.7 Å². The molecule has 3 heterocycles. The third-order valence-corrected chi connectivity index (χ3v) is 4.99. The second kappa shape index (κ2) is 7.72. The van der Waals surface area contributed by atoms with E-state index in [2.05, 4.69) is 20.7 Å². The Balaban J connectivity index is 1.47. The first-order valence-corrected chi connectivity index (χ1v) is 9.22. The second-order valence-corrected chi connectivity index (χ2v) is 6.84. The molecule has 0 saturated heterocycles. The van der Waals surface area contributed by atoms with Crippen molar-refractivity contribution in [2.45, 2.75) is 33.0 Å². The van der Waals surface area contributed by atoms with Crippen molar-refractivity contribution in [1.29, 1.82) is 0 Å². The third kappa shape index (κ3) is 3.90. The number of nitrogens with one attached hydrogen (secondary N) is 2. The molecule has 0 aliphatic carbocycles. The number of carbonyl (C=O) groups is 1. The summed E-state index contributed by atoms with van der Waals surface area (Å²) in [5, 5.41) is 10.7. The van der Waals surface area contributed by atoms with Crippen LogP contribution in [0.4, 0.5) is 0 Å². The molecule has 3 aromatic rings. The van der Waals surface area contributed by atoms with Crippen molar-refractivity contribution in [3.8, 4) is 0 Å². The van der Waals surface area contributed by atoms with Crippen LogP contribution in [-0.2, 0) is 26.1 Å². The zero-order chi connectivity index (χ0) is 18.6. The van der Waals surface area contributed by atoms with E-state index in [1.54, 1.807) is 6.20 Å². The Morgan fingerprint density at radius 1 is 1.33 bits per heavy atom. The third-order valence-electron chi connectivity index (χ3n) is 4.99. The van der Waals surface area contributed by atoms with E-state index in [0.717, 1.165) is 36.3 Å². The van der Waals surface area contributed by atoms with Crippen LogP contribution in [0.3, 0.4) is 0 Å². The minimum absolute atomic E-state index is 0.0664. The first kappa shape index (κ1) is 17.4. The van der Waals surface area contributed by atoms with Crippen LogP contribution in [0.25, 0.3) is 0 Å². The van der Waals surface area contributed by atoms with Crippen molar-refractivity contribution in [1.82, 2.24) is 25.4 Å². The molecule has 1 aliphatic heterocycles. The summed E-state index contributed by atoms with van der Waals surface area (Å²) in [6.07, 6.45) is 6.59. The normalized spacial score (nSPS) is 13.2. The summed E-state index contributed by atoms with van der Waals surface area (Å²) in [6, 6.07) is 9.58. The molecule has 27 heavy (non-hydrogen) atoms. The van der Waals surface area contributed by atoms with Crippen molar-refractivity contribution in [3.63, 3.8) is 0 Å². The maximum Gasteiger partial charge on any atom is 0.251 e. The standard InChI is InChI=1S/C21H23N5O/c1-15-20(19-6-8-22-11-18(19)12-23-15)13-24-21(27)17-5-2-4-16(10-17)14-26-9-3-7-25-26/h2-5,7,9-10,12,22H,6,8,11,13-14H2,1H3,(H,24,27). The van der Waals surface area contributed by atoms with E-state index in [1.165, 1.54) is 11.1 Å². The summed E-state index contributed by atoms with van der Waals surface area (Å²) in [4.78, 5) is 17.2. The molecule has 4 rings (SSSR count). The second-order valence-electron chi connectivity index (χ2n) is 6.84. The topological polar surface area (TPSA) is 71.8 Å². The van der Waals surface area contributed by atoms with E-state index in [1.807, 2.05) is 54.3 Å². The molecule has 0 fully saturated rings. The molecule has 0 spiro atoms. The Morgan fingerprint density at radius 2 is 2.26 bits per heavy atom. The highest BCUT2D eigenvalue weighted by molar-refractivity contribution is 5.94. The lowest BCUT2D eigenvalue weighted by molar-refractivity contribution is 0.0950. The molecule has 1 aliphatic rings. The molecule has 1 amide bonds. The average molecular weight is 361 g/mol. The van der Waals surface area contributed by atoms with Crippen molar-refractivity contribution >= 4 is 5.91 Å². The van der Waals surface area contributed by atoms with Gasteiger partial charge in [0.2, 0.25) is 0 Å². The molecular weight excluding hydrogens is 338 g/mol. The molecule has 2 N–H and O–H groups in total. The van der Waals surface area contributed by atoms with Gasteiger partial charge in [0.25, 0.3) is 5.91 Å². The predicted octanol–water partition coefficient (Wildman–Crippen LogP) is 2.21.